The number of fused-ring (bicyclic) bond motifs is 2. The molecule has 2 unspecified atom stereocenters. The highest BCUT2D eigenvalue weighted by atomic mass is 32.2. The van der Waals surface area contributed by atoms with Gasteiger partial charge in [-0.3, -0.25) is 0 Å². The molecule has 0 spiro atoms. The molecule has 2 saturated heterocycles. The molecule has 3 rings (SSSR count). The quantitative estimate of drug-likeness (QED) is 0.900. The molecule has 2 aliphatic rings. The van der Waals surface area contributed by atoms with Gasteiger partial charge >= 0.3 is 0 Å². The molecule has 1 aromatic rings. The van der Waals surface area contributed by atoms with Crippen LogP contribution in [-0.4, -0.2) is 22.7 Å². The van der Waals surface area contributed by atoms with E-state index in [2.05, 4.69) is 0 Å². The molecule has 2 nitrogen and oxygen atoms in total. The van der Waals surface area contributed by atoms with Crippen LogP contribution in [-0.2, 0) is 5.60 Å². The molecule has 1 aromatic carbocycles. The average Bonchev–Trinajstić information content (AvgIpc) is 2.37. The molecule has 1 N–H and O–H groups in total. The zero-order valence-electron chi connectivity index (χ0n) is 11.1. The van der Waals surface area contributed by atoms with Gasteiger partial charge in [0.2, 0.25) is 0 Å². The van der Waals surface area contributed by atoms with E-state index in [4.69, 9.17) is 4.74 Å². The highest BCUT2D eigenvalue weighted by Crippen LogP contribution is 2.50. The Morgan fingerprint density at radius 2 is 2.00 bits per heavy atom. The second-order valence-corrected chi connectivity index (χ2v) is 7.20. The molecule has 0 saturated carbocycles. The summed E-state index contributed by atoms with van der Waals surface area (Å²) in [4.78, 5) is 0. The van der Waals surface area contributed by atoms with Crippen LogP contribution in [0.1, 0.15) is 37.7 Å². The number of thioether (sulfide) groups is 1. The predicted octanol–water partition coefficient (Wildman–Crippen LogP) is 3.47. The third-order valence-electron chi connectivity index (χ3n) is 4.25. The van der Waals surface area contributed by atoms with E-state index in [1.807, 2.05) is 11.8 Å². The predicted molar refractivity (Wildman–Crippen MR) is 75.1 cm³/mol. The first kappa shape index (κ1) is 13.3. The van der Waals surface area contributed by atoms with E-state index >= 15 is 0 Å². The van der Waals surface area contributed by atoms with Crippen molar-refractivity contribution in [2.75, 3.05) is 7.11 Å². The van der Waals surface area contributed by atoms with Gasteiger partial charge in [-0.15, -0.1) is 0 Å². The van der Waals surface area contributed by atoms with E-state index in [9.17, 15) is 9.50 Å². The highest BCUT2D eigenvalue weighted by molar-refractivity contribution is 8.00. The van der Waals surface area contributed by atoms with Gasteiger partial charge in [0.1, 0.15) is 11.6 Å². The van der Waals surface area contributed by atoms with Crippen LogP contribution in [0.2, 0.25) is 0 Å². The first-order valence-electron chi connectivity index (χ1n) is 6.82. The van der Waals surface area contributed by atoms with Crippen molar-refractivity contribution in [2.24, 2.45) is 0 Å². The van der Waals surface area contributed by atoms with Crippen LogP contribution in [0.15, 0.2) is 18.2 Å². The maximum Gasteiger partial charge on any atom is 0.132 e. The Bertz CT molecular complexity index is 465. The van der Waals surface area contributed by atoms with Gasteiger partial charge < -0.3 is 9.84 Å². The summed E-state index contributed by atoms with van der Waals surface area (Å²) < 4.78 is 19.2. The summed E-state index contributed by atoms with van der Waals surface area (Å²) in [6, 6.07) is 4.78. The number of halogens is 1. The molecular formula is C15H19FO2S. The van der Waals surface area contributed by atoms with Gasteiger partial charge in [-0.25, -0.2) is 4.39 Å². The van der Waals surface area contributed by atoms with Gasteiger partial charge in [-0.1, -0.05) is 6.42 Å². The van der Waals surface area contributed by atoms with Gasteiger partial charge in [0.25, 0.3) is 0 Å². The Hall–Kier alpha value is -0.740. The maximum atomic E-state index is 14.2. The molecule has 2 aliphatic heterocycles. The number of rotatable bonds is 2. The minimum Gasteiger partial charge on any atom is -0.497 e. The largest absolute Gasteiger partial charge is 0.497 e. The van der Waals surface area contributed by atoms with E-state index in [0.717, 1.165) is 12.8 Å². The Labute approximate surface area is 117 Å². The minimum absolute atomic E-state index is 0.355. The number of hydrogen-bond donors (Lipinski definition) is 1. The highest BCUT2D eigenvalue weighted by Gasteiger charge is 2.43. The first-order chi connectivity index (χ1) is 9.10. The molecule has 104 valence electrons. The van der Waals surface area contributed by atoms with E-state index in [1.165, 1.54) is 19.6 Å². The monoisotopic (exact) mass is 282 g/mol. The smallest absolute Gasteiger partial charge is 0.132 e. The summed E-state index contributed by atoms with van der Waals surface area (Å²) in [7, 11) is 1.52. The summed E-state index contributed by atoms with van der Waals surface area (Å²) in [5.74, 6) is 0.141. The van der Waals surface area contributed by atoms with Crippen LogP contribution in [0.3, 0.4) is 0 Å². The van der Waals surface area contributed by atoms with Gasteiger partial charge in [0.15, 0.2) is 0 Å². The molecule has 2 fully saturated rings. The first-order valence-corrected chi connectivity index (χ1v) is 7.77. The summed E-state index contributed by atoms with van der Waals surface area (Å²) in [5, 5.41) is 11.8. The molecule has 0 amide bonds. The Morgan fingerprint density at radius 1 is 1.32 bits per heavy atom. The minimum atomic E-state index is -1.00. The van der Waals surface area contributed by atoms with Crippen LogP contribution < -0.4 is 4.74 Å². The third-order valence-corrected chi connectivity index (χ3v) is 5.82. The van der Waals surface area contributed by atoms with Crippen molar-refractivity contribution in [3.63, 3.8) is 0 Å². The Kier molecular flexibility index (Phi) is 3.48. The maximum absolute atomic E-state index is 14.2. The normalized spacial score (nSPS) is 34.1. The molecule has 2 heterocycles. The molecule has 19 heavy (non-hydrogen) atoms. The van der Waals surface area contributed by atoms with Crippen molar-refractivity contribution in [3.05, 3.63) is 29.6 Å². The summed E-state index contributed by atoms with van der Waals surface area (Å²) in [5.41, 5.74) is -0.567. The topological polar surface area (TPSA) is 29.5 Å². The third kappa shape index (κ3) is 2.48. The van der Waals surface area contributed by atoms with Crippen LogP contribution in [0.5, 0.6) is 5.75 Å². The number of methoxy groups -OCH3 is 1. The second-order valence-electron chi connectivity index (χ2n) is 5.60. The fraction of sp³-hybridized carbons (Fsp3) is 0.600. The lowest BCUT2D eigenvalue weighted by Gasteiger charge is -2.44. The molecule has 0 aliphatic carbocycles. The van der Waals surface area contributed by atoms with Crippen molar-refractivity contribution in [1.29, 1.82) is 0 Å². The Morgan fingerprint density at radius 3 is 2.58 bits per heavy atom. The van der Waals surface area contributed by atoms with Crippen molar-refractivity contribution >= 4 is 11.8 Å². The number of aliphatic hydroxyl groups is 1. The average molecular weight is 282 g/mol. The van der Waals surface area contributed by atoms with E-state index < -0.39 is 5.60 Å². The van der Waals surface area contributed by atoms with Crippen LogP contribution in [0.4, 0.5) is 4.39 Å². The van der Waals surface area contributed by atoms with Crippen LogP contribution in [0.25, 0.3) is 0 Å². The lowest BCUT2D eigenvalue weighted by molar-refractivity contribution is 0.00488. The van der Waals surface area contributed by atoms with E-state index in [1.54, 1.807) is 12.1 Å². The fourth-order valence-electron chi connectivity index (χ4n) is 3.34. The summed E-state index contributed by atoms with van der Waals surface area (Å²) in [6.07, 6.45) is 4.85. The zero-order valence-corrected chi connectivity index (χ0v) is 11.9. The van der Waals surface area contributed by atoms with Gasteiger partial charge in [-0.2, -0.15) is 11.8 Å². The summed E-state index contributed by atoms with van der Waals surface area (Å²) in [6.45, 7) is 0. The van der Waals surface area contributed by atoms with Crippen molar-refractivity contribution in [2.45, 2.75) is 48.2 Å². The standard InChI is InChI=1S/C15H19FO2S/c1-18-10-5-6-13(14(16)7-10)15(17)8-11-3-2-4-12(9-15)19-11/h5-7,11-12,17H,2-4,8-9H2,1H3. The van der Waals surface area contributed by atoms with Gasteiger partial charge in [0, 0.05) is 22.1 Å². The van der Waals surface area contributed by atoms with Crippen molar-refractivity contribution in [1.82, 2.24) is 0 Å². The molecular weight excluding hydrogens is 263 g/mol. The SMILES string of the molecule is COc1ccc(C2(O)CC3CCCC(C2)S3)c(F)c1. The van der Waals surface area contributed by atoms with Gasteiger partial charge in [-0.05, 0) is 37.8 Å². The van der Waals surface area contributed by atoms with Crippen LogP contribution >= 0.6 is 11.8 Å². The Balaban J connectivity index is 1.91. The second kappa shape index (κ2) is 4.98. The van der Waals surface area contributed by atoms with E-state index in [0.29, 0.717) is 34.7 Å². The lowest BCUT2D eigenvalue weighted by Crippen LogP contribution is -2.41. The lowest BCUT2D eigenvalue weighted by atomic mass is 9.80. The molecule has 2 bridgehead atoms. The van der Waals surface area contributed by atoms with Gasteiger partial charge in [0.05, 0.1) is 12.7 Å². The fourth-order valence-corrected chi connectivity index (χ4v) is 5.23. The molecule has 4 heteroatoms. The molecule has 2 atom stereocenters. The molecule has 0 radical (unpaired) electrons. The number of hydrogen-bond acceptors (Lipinski definition) is 3. The number of benzene rings is 1. The van der Waals surface area contributed by atoms with Crippen molar-refractivity contribution in [3.8, 4) is 5.75 Å². The van der Waals surface area contributed by atoms with Crippen LogP contribution in [0, 0.1) is 5.82 Å². The zero-order chi connectivity index (χ0) is 13.5. The number of ether oxygens (including phenoxy) is 1. The molecule has 0 aromatic heterocycles. The van der Waals surface area contributed by atoms with E-state index in [-0.39, 0.29) is 5.82 Å². The summed E-state index contributed by atoms with van der Waals surface area (Å²) >= 11 is 1.98. The van der Waals surface area contributed by atoms with Crippen molar-refractivity contribution < 1.29 is 14.2 Å².